The number of aromatic nitrogens is 3. The van der Waals surface area contributed by atoms with Crippen molar-refractivity contribution in [1.29, 1.82) is 0 Å². The summed E-state index contributed by atoms with van der Waals surface area (Å²) in [5, 5.41) is 18.6. The van der Waals surface area contributed by atoms with Gasteiger partial charge in [-0.15, -0.1) is 10.2 Å². The highest BCUT2D eigenvalue weighted by atomic mass is 32.2. The Labute approximate surface area is 153 Å². The summed E-state index contributed by atoms with van der Waals surface area (Å²) in [7, 11) is 0. The summed E-state index contributed by atoms with van der Waals surface area (Å²) < 4.78 is 5.72. The molecule has 0 aliphatic heterocycles. The van der Waals surface area contributed by atoms with E-state index in [1.165, 1.54) is 28.7 Å². The molecule has 1 aromatic carbocycles. The second kappa shape index (κ2) is 8.13. The summed E-state index contributed by atoms with van der Waals surface area (Å²) in [6, 6.07) is 9.74. The number of carbonyl (C=O) groups is 1. The van der Waals surface area contributed by atoms with E-state index in [-0.39, 0.29) is 5.91 Å². The Morgan fingerprint density at radius 1 is 1.28 bits per heavy atom. The fraction of sp³-hybridized carbons (Fsp3) is 0.250. The monoisotopic (exact) mass is 375 g/mol. The number of carbonyl (C=O) groups excluding carboxylic acids is 1. The number of hydrogen-bond acceptors (Lipinski definition) is 8. The minimum atomic E-state index is -0.108. The van der Waals surface area contributed by atoms with E-state index in [4.69, 9.17) is 4.52 Å². The average Bonchev–Trinajstić information content (AvgIpc) is 3.16. The van der Waals surface area contributed by atoms with E-state index < -0.39 is 0 Å². The predicted molar refractivity (Wildman–Crippen MR) is 99.6 cm³/mol. The number of anilines is 3. The van der Waals surface area contributed by atoms with Gasteiger partial charge in [0.25, 0.3) is 0 Å². The van der Waals surface area contributed by atoms with Gasteiger partial charge in [0.2, 0.25) is 11.0 Å². The minimum absolute atomic E-state index is 0.108. The highest BCUT2D eigenvalue weighted by Gasteiger charge is 2.09. The molecule has 0 fully saturated rings. The van der Waals surface area contributed by atoms with Crippen molar-refractivity contribution >= 4 is 45.6 Å². The predicted octanol–water partition coefficient (Wildman–Crippen LogP) is 4.01. The summed E-state index contributed by atoms with van der Waals surface area (Å²) in [6.45, 7) is 3.81. The molecule has 0 bridgehead atoms. The lowest BCUT2D eigenvalue weighted by atomic mass is 10.2. The van der Waals surface area contributed by atoms with Crippen LogP contribution in [0.4, 0.5) is 16.6 Å². The third-order valence-electron chi connectivity index (χ3n) is 3.13. The minimum Gasteiger partial charge on any atom is -0.360 e. The number of benzene rings is 1. The molecule has 3 aromatic rings. The van der Waals surface area contributed by atoms with Crippen LogP contribution in [0.15, 0.2) is 39.2 Å². The van der Waals surface area contributed by atoms with Gasteiger partial charge in [0, 0.05) is 23.9 Å². The molecule has 7 nitrogen and oxygen atoms in total. The van der Waals surface area contributed by atoms with Crippen LogP contribution in [0.2, 0.25) is 0 Å². The first-order valence-electron chi connectivity index (χ1n) is 7.61. The van der Waals surface area contributed by atoms with Crippen molar-refractivity contribution in [1.82, 2.24) is 15.4 Å². The molecule has 0 saturated heterocycles. The number of aryl methyl sites for hydroxylation is 2. The van der Waals surface area contributed by atoms with Crippen molar-refractivity contribution in [2.75, 3.05) is 16.4 Å². The van der Waals surface area contributed by atoms with Gasteiger partial charge in [-0.25, -0.2) is 0 Å². The van der Waals surface area contributed by atoms with Gasteiger partial charge < -0.3 is 15.2 Å². The fourth-order valence-corrected chi connectivity index (χ4v) is 3.81. The normalized spacial score (nSPS) is 10.6. The van der Waals surface area contributed by atoms with E-state index >= 15 is 0 Å². The van der Waals surface area contributed by atoms with Gasteiger partial charge in [0.05, 0.1) is 0 Å². The summed E-state index contributed by atoms with van der Waals surface area (Å²) in [5.74, 6) is 1.60. The van der Waals surface area contributed by atoms with Crippen LogP contribution in [0.5, 0.6) is 0 Å². The van der Waals surface area contributed by atoms with Gasteiger partial charge in [-0.3, -0.25) is 4.79 Å². The maximum Gasteiger partial charge on any atom is 0.226 e. The fourth-order valence-electron chi connectivity index (χ4n) is 2.03. The quantitative estimate of drug-likeness (QED) is 0.603. The summed E-state index contributed by atoms with van der Waals surface area (Å²) >= 11 is 2.96. The molecule has 1 amide bonds. The first kappa shape index (κ1) is 17.4. The highest BCUT2D eigenvalue weighted by molar-refractivity contribution is 8.01. The first-order chi connectivity index (χ1) is 12.1. The van der Waals surface area contributed by atoms with Gasteiger partial charge in [-0.2, -0.15) is 0 Å². The zero-order valence-corrected chi connectivity index (χ0v) is 15.4. The SMILES string of the molecule is Cc1cccc(Nc2nnc(SCCC(=O)Nc3cc(C)on3)s2)c1. The Morgan fingerprint density at radius 3 is 2.92 bits per heavy atom. The Hall–Kier alpha value is -2.39. The Bertz CT molecular complexity index is 862. The van der Waals surface area contributed by atoms with Crippen LogP contribution in [-0.2, 0) is 4.79 Å². The highest BCUT2D eigenvalue weighted by Crippen LogP contribution is 2.28. The van der Waals surface area contributed by atoms with Crippen molar-refractivity contribution in [3.8, 4) is 0 Å². The van der Waals surface area contributed by atoms with E-state index in [1.807, 2.05) is 31.2 Å². The zero-order chi connectivity index (χ0) is 17.6. The lowest BCUT2D eigenvalue weighted by molar-refractivity contribution is -0.115. The molecule has 3 rings (SSSR count). The number of nitrogens with zero attached hydrogens (tertiary/aromatic N) is 3. The summed E-state index contributed by atoms with van der Waals surface area (Å²) in [6.07, 6.45) is 0.358. The van der Waals surface area contributed by atoms with Gasteiger partial charge in [-0.1, -0.05) is 40.4 Å². The lowest BCUT2D eigenvalue weighted by Gasteiger charge is -2.02. The number of thioether (sulfide) groups is 1. The van der Waals surface area contributed by atoms with E-state index in [9.17, 15) is 4.79 Å². The maximum atomic E-state index is 11.8. The van der Waals surface area contributed by atoms with Crippen molar-refractivity contribution in [3.63, 3.8) is 0 Å². The number of nitrogens with one attached hydrogen (secondary N) is 2. The molecule has 0 unspecified atom stereocenters. The molecule has 0 atom stereocenters. The molecule has 0 aliphatic carbocycles. The third kappa shape index (κ3) is 5.30. The Kier molecular flexibility index (Phi) is 5.67. The smallest absolute Gasteiger partial charge is 0.226 e. The topological polar surface area (TPSA) is 92.9 Å². The molecule has 2 heterocycles. The molecular weight excluding hydrogens is 358 g/mol. The van der Waals surface area contributed by atoms with Gasteiger partial charge in [0.15, 0.2) is 10.2 Å². The molecule has 0 radical (unpaired) electrons. The second-order valence-electron chi connectivity index (χ2n) is 5.34. The number of rotatable bonds is 7. The van der Waals surface area contributed by atoms with Crippen molar-refractivity contribution in [2.45, 2.75) is 24.6 Å². The summed E-state index contributed by atoms with van der Waals surface area (Å²) in [4.78, 5) is 11.8. The lowest BCUT2D eigenvalue weighted by Crippen LogP contribution is -2.12. The Balaban J connectivity index is 1.44. The van der Waals surface area contributed by atoms with Crippen LogP contribution >= 0.6 is 23.1 Å². The number of amides is 1. The largest absolute Gasteiger partial charge is 0.360 e. The molecule has 2 aromatic heterocycles. The molecule has 25 heavy (non-hydrogen) atoms. The van der Waals surface area contributed by atoms with Gasteiger partial charge in [0.1, 0.15) is 5.76 Å². The molecule has 9 heteroatoms. The van der Waals surface area contributed by atoms with E-state index in [0.29, 0.717) is 23.8 Å². The van der Waals surface area contributed by atoms with Crippen molar-refractivity contribution in [3.05, 3.63) is 41.7 Å². The zero-order valence-electron chi connectivity index (χ0n) is 13.8. The van der Waals surface area contributed by atoms with E-state index in [0.717, 1.165) is 15.2 Å². The van der Waals surface area contributed by atoms with Crippen LogP contribution in [0.3, 0.4) is 0 Å². The standard InChI is InChI=1S/C16H17N5O2S2/c1-10-4-3-5-12(8-10)17-15-19-20-16(25-15)24-7-6-14(22)18-13-9-11(2)23-21-13/h3-5,8-9H,6-7H2,1-2H3,(H,17,19)(H,18,21,22). The Morgan fingerprint density at radius 2 is 2.16 bits per heavy atom. The van der Waals surface area contributed by atoms with E-state index in [2.05, 4.69) is 26.0 Å². The second-order valence-corrected chi connectivity index (χ2v) is 7.66. The molecule has 0 aliphatic rings. The van der Waals surface area contributed by atoms with Gasteiger partial charge in [-0.05, 0) is 31.5 Å². The number of hydrogen-bond donors (Lipinski definition) is 2. The van der Waals surface area contributed by atoms with E-state index in [1.54, 1.807) is 13.0 Å². The molecule has 0 spiro atoms. The average molecular weight is 375 g/mol. The third-order valence-corrected chi connectivity index (χ3v) is 5.10. The van der Waals surface area contributed by atoms with Crippen LogP contribution < -0.4 is 10.6 Å². The van der Waals surface area contributed by atoms with Gasteiger partial charge >= 0.3 is 0 Å². The molecule has 2 N–H and O–H groups in total. The van der Waals surface area contributed by atoms with Crippen LogP contribution in [0, 0.1) is 13.8 Å². The van der Waals surface area contributed by atoms with Crippen LogP contribution in [0.25, 0.3) is 0 Å². The van der Waals surface area contributed by atoms with Crippen molar-refractivity contribution < 1.29 is 9.32 Å². The molecular formula is C16H17N5O2S2. The van der Waals surface area contributed by atoms with Crippen LogP contribution in [0.1, 0.15) is 17.7 Å². The van der Waals surface area contributed by atoms with Crippen LogP contribution in [-0.4, -0.2) is 27.0 Å². The summed E-state index contributed by atoms with van der Waals surface area (Å²) in [5.41, 5.74) is 2.16. The van der Waals surface area contributed by atoms with Crippen molar-refractivity contribution in [2.24, 2.45) is 0 Å². The maximum absolute atomic E-state index is 11.8. The molecule has 130 valence electrons. The molecule has 0 saturated carbocycles. The first-order valence-corrected chi connectivity index (χ1v) is 9.42.